The van der Waals surface area contributed by atoms with E-state index in [1.165, 1.54) is 32.1 Å². The fourth-order valence-corrected chi connectivity index (χ4v) is 3.09. The van der Waals surface area contributed by atoms with E-state index >= 15 is 0 Å². The lowest BCUT2D eigenvalue weighted by Gasteiger charge is -2.09. The van der Waals surface area contributed by atoms with Crippen molar-refractivity contribution in [3.05, 3.63) is 36.4 Å². The second-order valence-corrected chi connectivity index (χ2v) is 8.80. The molecule has 1 aromatic rings. The molecule has 13 nitrogen and oxygen atoms in total. The molecule has 13 heteroatoms. The van der Waals surface area contributed by atoms with Crippen molar-refractivity contribution in [2.75, 3.05) is 46.8 Å². The van der Waals surface area contributed by atoms with Gasteiger partial charge in [-0.2, -0.15) is 0 Å². The van der Waals surface area contributed by atoms with Crippen LogP contribution in [-0.4, -0.2) is 70.3 Å². The Morgan fingerprint density at radius 3 is 1.90 bits per heavy atom. The Bertz CT molecular complexity index is 923. The molecule has 0 aliphatic rings. The van der Waals surface area contributed by atoms with Gasteiger partial charge in [0.15, 0.2) is 11.7 Å². The fraction of sp³-hybridized carbons (Fsp3) is 0.571. The zero-order chi connectivity index (χ0) is 30.7. The first-order valence-corrected chi connectivity index (χ1v) is 13.8. The van der Waals surface area contributed by atoms with Crippen molar-refractivity contribution in [2.45, 2.75) is 58.3 Å². The number of benzene rings is 1. The van der Waals surface area contributed by atoms with E-state index in [1.54, 1.807) is 7.11 Å². The molecular weight excluding hydrogens is 528 g/mol. The Kier molecular flexibility index (Phi) is 22.8. The summed E-state index contributed by atoms with van der Waals surface area (Å²) in [6.07, 6.45) is 9.33. The molecule has 1 aromatic carbocycles. The van der Waals surface area contributed by atoms with Crippen molar-refractivity contribution in [1.82, 2.24) is 0 Å². The van der Waals surface area contributed by atoms with E-state index in [0.29, 0.717) is 51.1 Å². The Balaban J connectivity index is 0.000000807. The summed E-state index contributed by atoms with van der Waals surface area (Å²) in [4.78, 5) is 0. The van der Waals surface area contributed by atoms with Gasteiger partial charge in [0.1, 0.15) is 30.6 Å². The molecule has 0 aromatic heterocycles. The highest BCUT2D eigenvalue weighted by Gasteiger charge is 2.00. The number of rotatable bonds is 21. The third kappa shape index (κ3) is 22.7. The number of ether oxygens (including phenoxy) is 5. The first-order valence-electron chi connectivity index (χ1n) is 13.8. The quantitative estimate of drug-likeness (QED) is 0.0413. The summed E-state index contributed by atoms with van der Waals surface area (Å²) in [5.41, 5.74) is 22.0. The van der Waals surface area contributed by atoms with Gasteiger partial charge in [0.25, 0.3) is 6.02 Å². The van der Waals surface area contributed by atoms with Crippen LogP contribution >= 0.6 is 0 Å². The highest BCUT2D eigenvalue weighted by Crippen LogP contribution is 2.17. The molecular formula is C28H50N8O5. The lowest BCUT2D eigenvalue weighted by molar-refractivity contribution is 0.0259. The highest BCUT2D eigenvalue weighted by atomic mass is 16.6. The monoisotopic (exact) mass is 578 g/mol. The van der Waals surface area contributed by atoms with E-state index in [0.717, 1.165) is 24.2 Å². The van der Waals surface area contributed by atoms with Crippen LogP contribution in [-0.2, 0) is 18.9 Å². The first-order chi connectivity index (χ1) is 19.7. The summed E-state index contributed by atoms with van der Waals surface area (Å²) in [5.74, 6) is 1.43. The molecule has 0 unspecified atom stereocenters. The van der Waals surface area contributed by atoms with Gasteiger partial charge in [0.05, 0.1) is 33.5 Å². The Labute approximate surface area is 244 Å². The van der Waals surface area contributed by atoms with E-state index in [4.69, 9.17) is 57.4 Å². The molecule has 0 amide bonds. The molecule has 1 rings (SSSR count). The van der Waals surface area contributed by atoms with Crippen LogP contribution in [0.2, 0.25) is 0 Å². The standard InChI is InChI=1S/C16H24N2O5.C12H26N6/c1-13(19-2)14-3-5-15(6-4-14)22-11-9-20-7-8-21-10-12-23-16(17)18;1-2-3-4-5-6-7-8-9-10(13)17-18-12(16)11(14)15/h3-6H,1,7-12H2,2H3,(H3,17,18);2-9H2,1H3,(H2,13,17)(H3,14,15)(H2,16,18). The molecule has 0 saturated heterocycles. The van der Waals surface area contributed by atoms with Crippen LogP contribution < -0.4 is 27.7 Å². The molecule has 0 fully saturated rings. The molecule has 232 valence electrons. The first kappa shape index (κ1) is 37.2. The zero-order valence-electron chi connectivity index (χ0n) is 24.7. The van der Waals surface area contributed by atoms with Crippen molar-refractivity contribution in [3.63, 3.8) is 0 Å². The zero-order valence-corrected chi connectivity index (χ0v) is 24.7. The summed E-state index contributed by atoms with van der Waals surface area (Å²) in [6.45, 7) is 8.49. The lowest BCUT2D eigenvalue weighted by atomic mass is 10.1. The second kappa shape index (κ2) is 25.1. The Morgan fingerprint density at radius 1 is 0.780 bits per heavy atom. The molecule has 0 atom stereocenters. The van der Waals surface area contributed by atoms with Gasteiger partial charge >= 0.3 is 0 Å². The average molecular weight is 579 g/mol. The summed E-state index contributed by atoms with van der Waals surface area (Å²) in [5, 5.41) is 21.2. The van der Waals surface area contributed by atoms with Crippen LogP contribution in [0, 0.1) is 10.8 Å². The van der Waals surface area contributed by atoms with Crippen LogP contribution in [0.25, 0.3) is 5.76 Å². The molecule has 0 saturated carbocycles. The van der Waals surface area contributed by atoms with Crippen molar-refractivity contribution < 1.29 is 23.7 Å². The lowest BCUT2D eigenvalue weighted by Crippen LogP contribution is -2.30. The summed E-state index contributed by atoms with van der Waals surface area (Å²) in [7, 11) is 1.59. The van der Waals surface area contributed by atoms with E-state index in [1.807, 2.05) is 24.3 Å². The number of hydrogen-bond donors (Lipinski definition) is 6. The minimum absolute atomic E-state index is 0.0995. The minimum atomic E-state index is -0.304. The molecule has 0 aliphatic carbocycles. The maximum absolute atomic E-state index is 7.00. The van der Waals surface area contributed by atoms with Gasteiger partial charge in [-0.1, -0.05) is 52.0 Å². The van der Waals surface area contributed by atoms with Gasteiger partial charge in [0.2, 0.25) is 0 Å². The molecule has 0 bridgehead atoms. The van der Waals surface area contributed by atoms with Gasteiger partial charge < -0.3 is 46.6 Å². The van der Waals surface area contributed by atoms with Crippen LogP contribution in [0.4, 0.5) is 0 Å². The number of unbranched alkanes of at least 4 members (excludes halogenated alkanes) is 6. The fourth-order valence-electron chi connectivity index (χ4n) is 3.09. The van der Waals surface area contributed by atoms with Crippen LogP contribution in [0.1, 0.15) is 63.9 Å². The van der Waals surface area contributed by atoms with Crippen LogP contribution in [0.3, 0.4) is 0 Å². The van der Waals surface area contributed by atoms with Gasteiger partial charge in [-0.05, 0) is 30.7 Å². The van der Waals surface area contributed by atoms with Crippen molar-refractivity contribution in [3.8, 4) is 5.75 Å². The number of nitrogens with one attached hydrogen (secondary N) is 2. The molecule has 0 aliphatic heterocycles. The van der Waals surface area contributed by atoms with Gasteiger partial charge in [-0.15, -0.1) is 10.2 Å². The van der Waals surface area contributed by atoms with Gasteiger partial charge in [-0.3, -0.25) is 10.8 Å². The number of methoxy groups -OCH3 is 1. The predicted octanol–water partition coefficient (Wildman–Crippen LogP) is 3.32. The smallest absolute Gasteiger partial charge is 0.279 e. The maximum atomic E-state index is 7.00. The van der Waals surface area contributed by atoms with Gasteiger partial charge in [0, 0.05) is 12.0 Å². The minimum Gasteiger partial charge on any atom is -0.497 e. The van der Waals surface area contributed by atoms with E-state index in [9.17, 15) is 0 Å². The maximum Gasteiger partial charge on any atom is 0.279 e. The topological polar surface area (TPSA) is 223 Å². The normalized spacial score (nSPS) is 11.3. The third-order valence-electron chi connectivity index (χ3n) is 5.37. The van der Waals surface area contributed by atoms with Crippen molar-refractivity contribution in [1.29, 1.82) is 10.8 Å². The van der Waals surface area contributed by atoms with E-state index in [2.05, 4.69) is 23.7 Å². The van der Waals surface area contributed by atoms with E-state index in [-0.39, 0.29) is 24.3 Å². The predicted molar refractivity (Wildman–Crippen MR) is 165 cm³/mol. The molecule has 41 heavy (non-hydrogen) atoms. The second-order valence-electron chi connectivity index (χ2n) is 8.80. The van der Waals surface area contributed by atoms with Crippen molar-refractivity contribution in [2.24, 2.45) is 33.1 Å². The summed E-state index contributed by atoms with van der Waals surface area (Å²) in [6, 6.07) is 7.19. The molecule has 0 heterocycles. The molecule has 10 N–H and O–H groups in total. The van der Waals surface area contributed by atoms with E-state index < -0.39 is 0 Å². The number of amidine groups is 4. The Hall–Kier alpha value is -3.84. The molecule has 0 spiro atoms. The average Bonchev–Trinajstić information content (AvgIpc) is 2.96. The largest absolute Gasteiger partial charge is 0.497 e. The number of nitrogens with zero attached hydrogens (tertiary/aromatic N) is 2. The SMILES string of the molecule is C=C(OC)c1ccc(OCCOCCOCCOC(=N)N)cc1.CCCCCCCCC/C(N)=N/N=C(\N)C(=N)N. The third-order valence-corrected chi connectivity index (χ3v) is 5.37. The Morgan fingerprint density at radius 2 is 1.34 bits per heavy atom. The molecule has 0 radical (unpaired) electrons. The van der Waals surface area contributed by atoms with Crippen LogP contribution in [0.15, 0.2) is 41.0 Å². The highest BCUT2D eigenvalue weighted by molar-refractivity contribution is 6.37. The van der Waals surface area contributed by atoms with Gasteiger partial charge in [-0.25, -0.2) is 0 Å². The number of hydrogen-bond acceptors (Lipinski definition) is 9. The summed E-state index contributed by atoms with van der Waals surface area (Å²) < 4.78 is 25.9. The summed E-state index contributed by atoms with van der Waals surface area (Å²) >= 11 is 0. The number of nitrogens with two attached hydrogens (primary N) is 4. The van der Waals surface area contributed by atoms with Crippen LogP contribution in [0.5, 0.6) is 5.75 Å². The van der Waals surface area contributed by atoms with Crippen molar-refractivity contribution >= 4 is 29.3 Å².